The van der Waals surface area contributed by atoms with E-state index in [1.54, 1.807) is 0 Å². The fourth-order valence-electron chi connectivity index (χ4n) is 13.6. The van der Waals surface area contributed by atoms with Gasteiger partial charge in [0.05, 0.1) is 11.5 Å². The summed E-state index contributed by atoms with van der Waals surface area (Å²) in [6, 6.07) is 0. The maximum absolute atomic E-state index is 14.6. The minimum atomic E-state index is -1.90. The van der Waals surface area contributed by atoms with E-state index >= 15 is 0 Å². The van der Waals surface area contributed by atoms with E-state index in [9.17, 15) is 55.2 Å². The number of esters is 1. The van der Waals surface area contributed by atoms with Crippen LogP contribution in [0.15, 0.2) is 12.2 Å². The van der Waals surface area contributed by atoms with Gasteiger partial charge in [-0.2, -0.15) is 0 Å². The Bertz CT molecular complexity index is 1630. The van der Waals surface area contributed by atoms with Crippen LogP contribution in [0.25, 0.3) is 0 Å². The SMILES string of the molecule is CC1(C)CC[C@]2(C(=O)O[C@@H]3O[C@H](C(=O)O)[C@@H](O)[C@H](O)[C@H]3O)CC[C@]3(C)[C@@H](C=C[C@@H]4[C@]5(C)CC[C@@H](O[C@@H]6O[C@H](C(=O)O)[C@@H](O)[C@@H](O)[C@H]6O)C(C)(C)[C@H]5CC[C@]43C)[C@H]2C1. The fraction of sp³-hybridized carbons (Fsp3) is 0.881. The Kier molecular flexibility index (Phi) is 10.7. The molecule has 4 saturated carbocycles. The summed E-state index contributed by atoms with van der Waals surface area (Å²) in [6.45, 7) is 15.8. The molecule has 322 valence electrons. The van der Waals surface area contributed by atoms with Crippen LogP contribution in [0.4, 0.5) is 0 Å². The quantitative estimate of drug-likeness (QED) is 0.109. The van der Waals surface area contributed by atoms with Crippen LogP contribution in [-0.2, 0) is 33.3 Å². The van der Waals surface area contributed by atoms with E-state index in [0.717, 1.165) is 38.5 Å². The molecular formula is C42H64O15. The molecule has 57 heavy (non-hydrogen) atoms. The van der Waals surface area contributed by atoms with Crippen molar-refractivity contribution >= 4 is 17.9 Å². The van der Waals surface area contributed by atoms with E-state index < -0.39 is 96.3 Å². The molecule has 7 rings (SSSR count). The Labute approximate surface area is 333 Å². The molecule has 0 aromatic rings. The summed E-state index contributed by atoms with van der Waals surface area (Å²) in [7, 11) is 0. The maximum Gasteiger partial charge on any atom is 0.335 e. The number of hydrogen-bond acceptors (Lipinski definition) is 13. The third-order valence-corrected chi connectivity index (χ3v) is 17.2. The molecule has 5 aliphatic carbocycles. The number of ether oxygens (including phenoxy) is 4. The van der Waals surface area contributed by atoms with Crippen molar-refractivity contribution in [2.45, 2.75) is 174 Å². The van der Waals surface area contributed by atoms with Gasteiger partial charge in [0.15, 0.2) is 18.5 Å². The van der Waals surface area contributed by atoms with Gasteiger partial charge in [-0.15, -0.1) is 0 Å². The molecule has 0 spiro atoms. The Morgan fingerprint density at radius 1 is 0.632 bits per heavy atom. The number of hydrogen-bond donors (Lipinski definition) is 8. The summed E-state index contributed by atoms with van der Waals surface area (Å²) in [4.78, 5) is 38.2. The zero-order valence-electron chi connectivity index (χ0n) is 34.1. The minimum Gasteiger partial charge on any atom is -0.479 e. The molecule has 2 aliphatic heterocycles. The number of fused-ring (bicyclic) bond motifs is 7. The van der Waals surface area contributed by atoms with Crippen LogP contribution >= 0.6 is 0 Å². The van der Waals surface area contributed by atoms with E-state index in [1.807, 2.05) is 0 Å². The standard InChI is InChI=1S/C42H64O15/c1-37(2)14-16-42(36(53)57-35-29(48)25(44)27(46)31(56-35)33(51)52)17-15-40(6)19(20(42)18-37)8-9-22-39(5)12-11-23(38(3,4)21(39)10-13-41(22,40)7)54-34-28(47)24(43)26(45)30(55-34)32(49)50/h8-9,19-31,34-35,43-48H,10-18H2,1-7H3,(H,49,50)(H,51,52)/t19-,20+,21+,22+,23+,24+,25-,26-,27-,28+,29+,30-,31-,34+,35-,39+,40+,41+,42-/m0/s1. The molecule has 0 aromatic heterocycles. The van der Waals surface area contributed by atoms with Crippen molar-refractivity contribution in [2.75, 3.05) is 0 Å². The van der Waals surface area contributed by atoms with Gasteiger partial charge in [0.1, 0.15) is 36.6 Å². The Balaban J connectivity index is 1.16. The second-order valence-corrected chi connectivity index (χ2v) is 20.8. The zero-order valence-corrected chi connectivity index (χ0v) is 34.1. The number of aliphatic hydroxyl groups is 6. The first kappa shape index (κ1) is 42.9. The van der Waals surface area contributed by atoms with Crippen molar-refractivity contribution in [3.63, 3.8) is 0 Å². The lowest BCUT2D eigenvalue weighted by atomic mass is 9.33. The van der Waals surface area contributed by atoms with E-state index in [2.05, 4.69) is 60.6 Å². The van der Waals surface area contributed by atoms with Crippen molar-refractivity contribution < 1.29 is 74.2 Å². The molecule has 8 N–H and O–H groups in total. The topological polar surface area (TPSA) is 250 Å². The second-order valence-electron chi connectivity index (χ2n) is 20.8. The lowest BCUT2D eigenvalue weighted by molar-refractivity contribution is -0.324. The summed E-state index contributed by atoms with van der Waals surface area (Å²) in [5.41, 5.74) is -2.03. The minimum absolute atomic E-state index is 0.00210. The first-order valence-electron chi connectivity index (χ1n) is 20.8. The van der Waals surface area contributed by atoms with Gasteiger partial charge >= 0.3 is 17.9 Å². The third kappa shape index (κ3) is 6.35. The number of aliphatic carboxylic acids is 2. The van der Waals surface area contributed by atoms with Crippen molar-refractivity contribution in [1.82, 2.24) is 0 Å². The number of carbonyl (C=O) groups excluding carboxylic acids is 1. The number of carboxylic acids is 2. The molecule has 6 fully saturated rings. The predicted molar refractivity (Wildman–Crippen MR) is 199 cm³/mol. The largest absolute Gasteiger partial charge is 0.479 e. The summed E-state index contributed by atoms with van der Waals surface area (Å²) in [6.07, 6.45) is -6.90. The predicted octanol–water partition coefficient (Wildman–Crippen LogP) is 2.36. The maximum atomic E-state index is 14.6. The van der Waals surface area contributed by atoms with Crippen molar-refractivity contribution in [3.05, 3.63) is 12.2 Å². The number of allylic oxidation sites excluding steroid dienone is 2. The average molecular weight is 809 g/mol. The normalized spacial score (nSPS) is 52.6. The Morgan fingerprint density at radius 2 is 1.19 bits per heavy atom. The van der Waals surface area contributed by atoms with Crippen LogP contribution in [0.2, 0.25) is 0 Å². The average Bonchev–Trinajstić information content (AvgIpc) is 3.12. The van der Waals surface area contributed by atoms with Gasteiger partial charge in [-0.25, -0.2) is 9.59 Å². The molecule has 0 amide bonds. The molecule has 2 saturated heterocycles. The van der Waals surface area contributed by atoms with Crippen LogP contribution in [0.3, 0.4) is 0 Å². The first-order chi connectivity index (χ1) is 26.4. The van der Waals surface area contributed by atoms with E-state index in [0.29, 0.717) is 19.3 Å². The highest BCUT2D eigenvalue weighted by atomic mass is 16.7. The molecular weight excluding hydrogens is 744 g/mol. The summed E-state index contributed by atoms with van der Waals surface area (Å²) >= 11 is 0. The second kappa shape index (κ2) is 14.2. The molecule has 15 heteroatoms. The molecule has 0 bridgehead atoms. The molecule has 19 atom stereocenters. The van der Waals surface area contributed by atoms with E-state index in [4.69, 9.17) is 18.9 Å². The number of carbonyl (C=O) groups is 3. The molecule has 2 heterocycles. The van der Waals surface area contributed by atoms with E-state index in [-0.39, 0.29) is 45.3 Å². The van der Waals surface area contributed by atoms with Gasteiger partial charge in [-0.05, 0) is 109 Å². The van der Waals surface area contributed by atoms with Crippen LogP contribution in [0, 0.1) is 56.2 Å². The van der Waals surface area contributed by atoms with Crippen LogP contribution in [-0.4, -0.2) is 126 Å². The summed E-state index contributed by atoms with van der Waals surface area (Å²) < 4.78 is 23.2. The molecule has 0 unspecified atom stereocenters. The Hall–Kier alpha value is -2.21. The molecule has 0 aromatic carbocycles. The van der Waals surface area contributed by atoms with Gasteiger partial charge in [0.2, 0.25) is 6.29 Å². The summed E-state index contributed by atoms with van der Waals surface area (Å²) in [5.74, 6) is -3.40. The van der Waals surface area contributed by atoms with Crippen LogP contribution < -0.4 is 0 Å². The Morgan fingerprint density at radius 3 is 1.79 bits per heavy atom. The molecule has 15 nitrogen and oxygen atoms in total. The van der Waals surface area contributed by atoms with Crippen LogP contribution in [0.5, 0.6) is 0 Å². The highest BCUT2D eigenvalue weighted by Crippen LogP contribution is 2.76. The lowest BCUT2D eigenvalue weighted by Gasteiger charge is -2.72. The van der Waals surface area contributed by atoms with Crippen molar-refractivity contribution in [1.29, 1.82) is 0 Å². The summed E-state index contributed by atoms with van der Waals surface area (Å²) in [5, 5.41) is 82.1. The van der Waals surface area contributed by atoms with Crippen LogP contribution in [0.1, 0.15) is 106 Å². The zero-order chi connectivity index (χ0) is 42.0. The number of rotatable bonds is 6. The van der Waals surface area contributed by atoms with Gasteiger partial charge in [-0.1, -0.05) is 60.6 Å². The third-order valence-electron chi connectivity index (χ3n) is 17.2. The highest BCUT2D eigenvalue weighted by Gasteiger charge is 2.71. The first-order valence-corrected chi connectivity index (χ1v) is 20.8. The van der Waals surface area contributed by atoms with Gasteiger partial charge in [0, 0.05) is 0 Å². The number of aliphatic hydroxyl groups excluding tert-OH is 6. The van der Waals surface area contributed by atoms with E-state index in [1.165, 1.54) is 0 Å². The van der Waals surface area contributed by atoms with Crippen molar-refractivity contribution in [3.8, 4) is 0 Å². The van der Waals surface area contributed by atoms with Crippen molar-refractivity contribution in [2.24, 2.45) is 56.2 Å². The molecule has 0 radical (unpaired) electrons. The van der Waals surface area contributed by atoms with Gasteiger partial charge in [-0.3, -0.25) is 4.79 Å². The highest BCUT2D eigenvalue weighted by molar-refractivity contribution is 5.78. The monoisotopic (exact) mass is 808 g/mol. The van der Waals surface area contributed by atoms with Gasteiger partial charge < -0.3 is 59.8 Å². The van der Waals surface area contributed by atoms with Gasteiger partial charge in [0.25, 0.3) is 0 Å². The number of carboxylic acid groups (broad SMARTS) is 2. The lowest BCUT2D eigenvalue weighted by Crippen LogP contribution is -2.67. The molecule has 7 aliphatic rings. The fourth-order valence-corrected chi connectivity index (χ4v) is 13.6. The smallest absolute Gasteiger partial charge is 0.335 e.